The van der Waals surface area contributed by atoms with E-state index in [2.05, 4.69) is 14.5 Å². The zero-order chi connectivity index (χ0) is 13.4. The first kappa shape index (κ1) is 12.4. The van der Waals surface area contributed by atoms with Crippen LogP contribution >= 0.6 is 23.6 Å². The fourth-order valence-corrected chi connectivity index (χ4v) is 3.16. The van der Waals surface area contributed by atoms with Crippen molar-refractivity contribution in [3.05, 3.63) is 39.1 Å². The van der Waals surface area contributed by atoms with E-state index in [1.54, 1.807) is 18.4 Å². The molecule has 0 aliphatic heterocycles. The Bertz CT molecular complexity index is 785. The third kappa shape index (κ3) is 2.17. The summed E-state index contributed by atoms with van der Waals surface area (Å²) in [6, 6.07) is 5.94. The fraction of sp³-hybridized carbons (Fsp3) is 0.231. The molecule has 0 fully saturated rings. The van der Waals surface area contributed by atoms with Crippen LogP contribution in [-0.2, 0) is 6.54 Å². The lowest BCUT2D eigenvalue weighted by Crippen LogP contribution is -1.97. The Kier molecular flexibility index (Phi) is 3.12. The molecule has 0 aliphatic rings. The number of nitrogens with one attached hydrogen (secondary N) is 1. The van der Waals surface area contributed by atoms with Gasteiger partial charge in [-0.3, -0.25) is 0 Å². The van der Waals surface area contributed by atoms with Gasteiger partial charge in [0.25, 0.3) is 0 Å². The van der Waals surface area contributed by atoms with Crippen molar-refractivity contribution in [2.24, 2.45) is 0 Å². The summed E-state index contributed by atoms with van der Waals surface area (Å²) in [7, 11) is 1.66. The van der Waals surface area contributed by atoms with Crippen molar-refractivity contribution in [1.29, 1.82) is 0 Å². The highest BCUT2D eigenvalue weighted by Gasteiger charge is 2.10. The molecule has 0 saturated heterocycles. The van der Waals surface area contributed by atoms with E-state index in [1.807, 2.05) is 31.3 Å². The monoisotopic (exact) mass is 291 g/mol. The summed E-state index contributed by atoms with van der Waals surface area (Å²) in [5, 5.41) is 1.07. The predicted molar refractivity (Wildman–Crippen MR) is 79.6 cm³/mol. The van der Waals surface area contributed by atoms with Crippen molar-refractivity contribution in [2.45, 2.75) is 13.5 Å². The van der Waals surface area contributed by atoms with Crippen LogP contribution in [-0.4, -0.2) is 21.6 Å². The summed E-state index contributed by atoms with van der Waals surface area (Å²) in [5.41, 5.74) is 1.99. The van der Waals surface area contributed by atoms with Crippen LogP contribution in [0.15, 0.2) is 24.4 Å². The quantitative estimate of drug-likeness (QED) is 0.751. The average Bonchev–Trinajstić information content (AvgIpc) is 2.94. The number of hydrogen-bond acceptors (Lipinski definition) is 4. The summed E-state index contributed by atoms with van der Waals surface area (Å²) in [6.45, 7) is 2.74. The molecule has 1 aromatic carbocycles. The van der Waals surface area contributed by atoms with E-state index >= 15 is 0 Å². The van der Waals surface area contributed by atoms with Crippen LogP contribution in [0.3, 0.4) is 0 Å². The molecule has 1 N–H and O–H groups in total. The second-order valence-electron chi connectivity index (χ2n) is 4.22. The molecule has 2 heterocycles. The highest BCUT2D eigenvalue weighted by molar-refractivity contribution is 7.71. The maximum Gasteiger partial charge on any atom is 0.178 e. The van der Waals surface area contributed by atoms with Gasteiger partial charge in [0.05, 0.1) is 24.2 Å². The van der Waals surface area contributed by atoms with Gasteiger partial charge in [0.15, 0.2) is 4.77 Å². The zero-order valence-corrected chi connectivity index (χ0v) is 12.3. The number of hydrogen-bond donors (Lipinski definition) is 1. The van der Waals surface area contributed by atoms with E-state index in [4.69, 9.17) is 17.0 Å². The lowest BCUT2D eigenvalue weighted by Gasteiger charge is -2.03. The van der Waals surface area contributed by atoms with Gasteiger partial charge < -0.3 is 14.3 Å². The number of ether oxygens (including phenoxy) is 1. The SMILES string of the molecule is COc1cccc2c1[nH]c(=S)n2Cc1cnc(C)s1. The fourth-order valence-electron chi connectivity index (χ4n) is 2.12. The average molecular weight is 291 g/mol. The molecule has 0 amide bonds. The summed E-state index contributed by atoms with van der Waals surface area (Å²) in [4.78, 5) is 8.68. The van der Waals surface area contributed by atoms with Gasteiger partial charge in [0, 0.05) is 11.1 Å². The highest BCUT2D eigenvalue weighted by atomic mass is 32.1. The molecule has 0 aliphatic carbocycles. The van der Waals surface area contributed by atoms with Crippen molar-refractivity contribution >= 4 is 34.6 Å². The van der Waals surface area contributed by atoms with Gasteiger partial charge >= 0.3 is 0 Å². The second-order valence-corrected chi connectivity index (χ2v) is 5.92. The number of thiazole rings is 1. The molecule has 4 nitrogen and oxygen atoms in total. The molecular weight excluding hydrogens is 278 g/mol. The minimum absolute atomic E-state index is 0.700. The maximum absolute atomic E-state index is 5.40. The number of imidazole rings is 1. The van der Waals surface area contributed by atoms with Crippen LogP contribution in [0.1, 0.15) is 9.88 Å². The van der Waals surface area contributed by atoms with Crippen LogP contribution < -0.4 is 4.74 Å². The number of para-hydroxylation sites is 1. The molecule has 3 rings (SSSR count). The van der Waals surface area contributed by atoms with Crippen molar-refractivity contribution in [3.63, 3.8) is 0 Å². The normalized spacial score (nSPS) is 11.1. The molecule has 3 aromatic rings. The van der Waals surface area contributed by atoms with Crippen LogP contribution in [0.5, 0.6) is 5.75 Å². The second kappa shape index (κ2) is 4.79. The first-order chi connectivity index (χ1) is 9.19. The molecule has 98 valence electrons. The summed E-state index contributed by atoms with van der Waals surface area (Å²) >= 11 is 7.09. The van der Waals surface area contributed by atoms with Gasteiger partial charge in [0.1, 0.15) is 11.3 Å². The number of fused-ring (bicyclic) bond motifs is 1. The number of H-pyrrole nitrogens is 1. The van der Waals surface area contributed by atoms with E-state index in [0.717, 1.165) is 28.3 Å². The Morgan fingerprint density at radius 2 is 2.32 bits per heavy atom. The minimum atomic E-state index is 0.700. The largest absolute Gasteiger partial charge is 0.494 e. The number of rotatable bonds is 3. The topological polar surface area (TPSA) is 42.8 Å². The number of aryl methyl sites for hydroxylation is 1. The Morgan fingerprint density at radius 1 is 1.47 bits per heavy atom. The van der Waals surface area contributed by atoms with Gasteiger partial charge in [-0.15, -0.1) is 11.3 Å². The number of methoxy groups -OCH3 is 1. The van der Waals surface area contributed by atoms with Crippen LogP contribution in [0, 0.1) is 11.7 Å². The Hall–Kier alpha value is -1.66. The van der Waals surface area contributed by atoms with Gasteiger partial charge in [-0.05, 0) is 31.3 Å². The van der Waals surface area contributed by atoms with Gasteiger partial charge in [-0.2, -0.15) is 0 Å². The first-order valence-corrected chi connectivity index (χ1v) is 7.08. The van der Waals surface area contributed by atoms with E-state index in [0.29, 0.717) is 4.77 Å². The third-order valence-electron chi connectivity index (χ3n) is 2.98. The Balaban J connectivity index is 2.13. The van der Waals surface area contributed by atoms with Crippen LogP contribution in [0.25, 0.3) is 11.0 Å². The summed E-state index contributed by atoms with van der Waals surface area (Å²) in [6.07, 6.45) is 1.90. The zero-order valence-electron chi connectivity index (χ0n) is 10.6. The van der Waals surface area contributed by atoms with Gasteiger partial charge in [0.2, 0.25) is 0 Å². The smallest absolute Gasteiger partial charge is 0.178 e. The predicted octanol–water partition coefficient (Wildman–Crippen LogP) is 3.52. The first-order valence-electron chi connectivity index (χ1n) is 5.86. The number of aromatic amines is 1. The molecule has 6 heteroatoms. The maximum atomic E-state index is 5.40. The van der Waals surface area contributed by atoms with E-state index in [1.165, 1.54) is 4.88 Å². The van der Waals surface area contributed by atoms with E-state index < -0.39 is 0 Å². The summed E-state index contributed by atoms with van der Waals surface area (Å²) in [5.74, 6) is 0.808. The molecule has 19 heavy (non-hydrogen) atoms. The van der Waals surface area contributed by atoms with Crippen LogP contribution in [0.4, 0.5) is 0 Å². The standard InChI is InChI=1S/C13H13N3OS2/c1-8-14-6-9(19-8)7-16-10-4-3-5-11(17-2)12(10)15-13(16)18/h3-6H,7H2,1-2H3,(H,15,18). The molecule has 0 saturated carbocycles. The lowest BCUT2D eigenvalue weighted by atomic mass is 10.3. The van der Waals surface area contributed by atoms with E-state index in [9.17, 15) is 0 Å². The molecular formula is C13H13N3OS2. The van der Waals surface area contributed by atoms with Gasteiger partial charge in [-0.25, -0.2) is 4.98 Å². The van der Waals surface area contributed by atoms with Crippen molar-refractivity contribution in [1.82, 2.24) is 14.5 Å². The van der Waals surface area contributed by atoms with Crippen molar-refractivity contribution in [2.75, 3.05) is 7.11 Å². The molecule has 2 aromatic heterocycles. The Morgan fingerprint density at radius 3 is 3.00 bits per heavy atom. The molecule has 0 unspecified atom stereocenters. The van der Waals surface area contributed by atoms with Crippen molar-refractivity contribution < 1.29 is 4.74 Å². The van der Waals surface area contributed by atoms with Gasteiger partial charge in [-0.1, -0.05) is 6.07 Å². The minimum Gasteiger partial charge on any atom is -0.494 e. The molecule has 0 radical (unpaired) electrons. The number of nitrogens with zero attached hydrogens (tertiary/aromatic N) is 2. The van der Waals surface area contributed by atoms with Crippen molar-refractivity contribution in [3.8, 4) is 5.75 Å². The van der Waals surface area contributed by atoms with Crippen LogP contribution in [0.2, 0.25) is 0 Å². The molecule has 0 atom stereocenters. The summed E-state index contributed by atoms with van der Waals surface area (Å²) < 4.78 is 8.12. The molecule has 0 spiro atoms. The van der Waals surface area contributed by atoms with E-state index in [-0.39, 0.29) is 0 Å². The molecule has 0 bridgehead atoms. The highest BCUT2D eigenvalue weighted by Crippen LogP contribution is 2.25. The third-order valence-corrected chi connectivity index (χ3v) is 4.20. The lowest BCUT2D eigenvalue weighted by molar-refractivity contribution is 0.419. The number of aromatic nitrogens is 3. The number of benzene rings is 1. The Labute approximate surface area is 119 Å².